The lowest BCUT2D eigenvalue weighted by Crippen LogP contribution is -2.43. The SMILES string of the molecule is Cc1c(Cl)cccc1NC(=O)[C@@H]1CCCN(S(=O)(=O)c2ccccc2)C1. The number of amides is 1. The van der Waals surface area contributed by atoms with Gasteiger partial charge in [0.05, 0.1) is 10.8 Å². The Bertz CT molecular complexity index is 900. The molecule has 0 aromatic heterocycles. The minimum atomic E-state index is -3.58. The number of carbonyl (C=O) groups is 1. The van der Waals surface area contributed by atoms with E-state index in [1.807, 2.05) is 6.92 Å². The summed E-state index contributed by atoms with van der Waals surface area (Å²) in [5.41, 5.74) is 1.46. The summed E-state index contributed by atoms with van der Waals surface area (Å²) in [7, 11) is -3.58. The maximum Gasteiger partial charge on any atom is 0.243 e. The van der Waals surface area contributed by atoms with E-state index < -0.39 is 10.0 Å². The van der Waals surface area contributed by atoms with E-state index in [0.29, 0.717) is 30.1 Å². The van der Waals surface area contributed by atoms with Gasteiger partial charge in [0.15, 0.2) is 0 Å². The van der Waals surface area contributed by atoms with Crippen LogP contribution in [0.4, 0.5) is 5.69 Å². The van der Waals surface area contributed by atoms with E-state index in [-0.39, 0.29) is 23.3 Å². The third kappa shape index (κ3) is 3.92. The van der Waals surface area contributed by atoms with Crippen LogP contribution < -0.4 is 5.32 Å². The summed E-state index contributed by atoms with van der Waals surface area (Å²) in [4.78, 5) is 12.9. The largest absolute Gasteiger partial charge is 0.326 e. The molecule has 0 unspecified atom stereocenters. The highest BCUT2D eigenvalue weighted by Gasteiger charge is 2.33. The van der Waals surface area contributed by atoms with E-state index in [9.17, 15) is 13.2 Å². The maximum absolute atomic E-state index is 12.8. The Hall–Kier alpha value is -1.89. The van der Waals surface area contributed by atoms with Crippen molar-refractivity contribution in [3.05, 3.63) is 59.1 Å². The number of anilines is 1. The molecule has 1 saturated heterocycles. The van der Waals surface area contributed by atoms with Gasteiger partial charge in [-0.2, -0.15) is 4.31 Å². The molecule has 138 valence electrons. The number of carbonyl (C=O) groups excluding carboxylic acids is 1. The minimum Gasteiger partial charge on any atom is -0.326 e. The summed E-state index contributed by atoms with van der Waals surface area (Å²) in [5.74, 6) is -0.566. The van der Waals surface area contributed by atoms with Crippen molar-refractivity contribution in [3.63, 3.8) is 0 Å². The molecule has 1 amide bonds. The average molecular weight is 393 g/mol. The Labute approximate surface area is 159 Å². The lowest BCUT2D eigenvalue weighted by atomic mass is 9.98. The first-order valence-corrected chi connectivity index (χ1v) is 10.3. The van der Waals surface area contributed by atoms with Gasteiger partial charge in [0, 0.05) is 23.8 Å². The van der Waals surface area contributed by atoms with E-state index in [2.05, 4.69) is 5.32 Å². The van der Waals surface area contributed by atoms with Gasteiger partial charge in [-0.3, -0.25) is 4.79 Å². The Morgan fingerprint density at radius 3 is 2.62 bits per heavy atom. The van der Waals surface area contributed by atoms with E-state index >= 15 is 0 Å². The smallest absolute Gasteiger partial charge is 0.243 e. The standard InChI is InChI=1S/C19H21ClN2O3S/c1-14-17(20)10-5-11-18(14)21-19(23)15-7-6-12-22(13-15)26(24,25)16-8-3-2-4-9-16/h2-5,8-11,15H,6-7,12-13H2,1H3,(H,21,23)/t15-/m1/s1. The van der Waals surface area contributed by atoms with Gasteiger partial charge in [0.25, 0.3) is 0 Å². The van der Waals surface area contributed by atoms with Crippen molar-refractivity contribution >= 4 is 33.2 Å². The van der Waals surface area contributed by atoms with Crippen molar-refractivity contribution in [2.24, 2.45) is 5.92 Å². The minimum absolute atomic E-state index is 0.177. The Balaban J connectivity index is 1.74. The lowest BCUT2D eigenvalue weighted by molar-refractivity contribution is -0.120. The Kier molecular flexibility index (Phi) is 5.65. The highest BCUT2D eigenvalue weighted by Crippen LogP contribution is 2.27. The van der Waals surface area contributed by atoms with Crippen molar-refractivity contribution in [3.8, 4) is 0 Å². The first-order chi connectivity index (χ1) is 12.4. The molecular formula is C19H21ClN2O3S. The van der Waals surface area contributed by atoms with Crippen molar-refractivity contribution in [2.75, 3.05) is 18.4 Å². The lowest BCUT2D eigenvalue weighted by Gasteiger charge is -2.31. The zero-order valence-electron chi connectivity index (χ0n) is 14.5. The molecule has 0 bridgehead atoms. The van der Waals surface area contributed by atoms with Crippen LogP contribution in [-0.2, 0) is 14.8 Å². The fourth-order valence-corrected chi connectivity index (χ4v) is 4.81. The van der Waals surface area contributed by atoms with Gasteiger partial charge in [-0.15, -0.1) is 0 Å². The van der Waals surface area contributed by atoms with E-state index in [1.54, 1.807) is 48.5 Å². The molecule has 7 heteroatoms. The number of hydrogen-bond acceptors (Lipinski definition) is 3. The molecule has 5 nitrogen and oxygen atoms in total. The van der Waals surface area contributed by atoms with Gasteiger partial charge >= 0.3 is 0 Å². The highest BCUT2D eigenvalue weighted by atomic mass is 35.5. The second-order valence-electron chi connectivity index (χ2n) is 6.42. The summed E-state index contributed by atoms with van der Waals surface area (Å²) in [6, 6.07) is 13.7. The van der Waals surface area contributed by atoms with Crippen molar-refractivity contribution < 1.29 is 13.2 Å². The molecule has 1 aliphatic rings. The number of sulfonamides is 1. The van der Waals surface area contributed by atoms with Crippen LogP contribution >= 0.6 is 11.6 Å². The highest BCUT2D eigenvalue weighted by molar-refractivity contribution is 7.89. The normalized spacial score (nSPS) is 18.5. The number of hydrogen-bond donors (Lipinski definition) is 1. The number of rotatable bonds is 4. The summed E-state index contributed by atoms with van der Waals surface area (Å²) >= 11 is 6.10. The second kappa shape index (κ2) is 7.78. The van der Waals surface area contributed by atoms with Gasteiger partial charge in [-0.05, 0) is 49.6 Å². The number of halogens is 1. The third-order valence-electron chi connectivity index (χ3n) is 4.66. The monoisotopic (exact) mass is 392 g/mol. The predicted octanol–water partition coefficient (Wildman–Crippen LogP) is 3.69. The fraction of sp³-hybridized carbons (Fsp3) is 0.316. The van der Waals surface area contributed by atoms with Crippen molar-refractivity contribution in [2.45, 2.75) is 24.7 Å². The van der Waals surface area contributed by atoms with Crippen LogP contribution in [0, 0.1) is 12.8 Å². The zero-order valence-corrected chi connectivity index (χ0v) is 16.1. The van der Waals surface area contributed by atoms with Crippen LogP contribution in [-0.4, -0.2) is 31.7 Å². The molecule has 2 aromatic carbocycles. The molecule has 0 aliphatic carbocycles. The molecule has 26 heavy (non-hydrogen) atoms. The first-order valence-electron chi connectivity index (χ1n) is 8.51. The van der Waals surface area contributed by atoms with Crippen LogP contribution in [0.3, 0.4) is 0 Å². The molecule has 0 spiro atoms. The molecule has 1 aliphatic heterocycles. The number of benzene rings is 2. The van der Waals surface area contributed by atoms with E-state index in [0.717, 1.165) is 5.56 Å². The van der Waals surface area contributed by atoms with Gasteiger partial charge < -0.3 is 5.32 Å². The van der Waals surface area contributed by atoms with Crippen molar-refractivity contribution in [1.82, 2.24) is 4.31 Å². The van der Waals surface area contributed by atoms with Crippen LogP contribution in [0.2, 0.25) is 5.02 Å². The maximum atomic E-state index is 12.8. The van der Waals surface area contributed by atoms with Crippen LogP contribution in [0.25, 0.3) is 0 Å². The van der Waals surface area contributed by atoms with Crippen LogP contribution in [0.5, 0.6) is 0 Å². The van der Waals surface area contributed by atoms with Gasteiger partial charge in [0.1, 0.15) is 0 Å². The zero-order chi connectivity index (χ0) is 18.7. The summed E-state index contributed by atoms with van der Waals surface area (Å²) < 4.78 is 27.0. The predicted molar refractivity (Wildman–Crippen MR) is 103 cm³/mol. The van der Waals surface area contributed by atoms with Gasteiger partial charge in [-0.25, -0.2) is 8.42 Å². The number of nitrogens with zero attached hydrogens (tertiary/aromatic N) is 1. The molecule has 1 heterocycles. The fourth-order valence-electron chi connectivity index (χ4n) is 3.09. The van der Waals surface area contributed by atoms with E-state index in [4.69, 9.17) is 11.6 Å². The molecule has 3 rings (SSSR count). The number of piperidine rings is 1. The molecule has 1 N–H and O–H groups in total. The topological polar surface area (TPSA) is 66.5 Å². The molecular weight excluding hydrogens is 372 g/mol. The first kappa shape index (κ1) is 18.9. The average Bonchev–Trinajstić information content (AvgIpc) is 2.66. The summed E-state index contributed by atoms with van der Waals surface area (Å²) in [5, 5.41) is 3.47. The Morgan fingerprint density at radius 1 is 1.15 bits per heavy atom. The van der Waals surface area contributed by atoms with Gasteiger partial charge in [0.2, 0.25) is 15.9 Å². The molecule has 0 saturated carbocycles. The van der Waals surface area contributed by atoms with Crippen LogP contribution in [0.15, 0.2) is 53.4 Å². The summed E-state index contributed by atoms with van der Waals surface area (Å²) in [6.45, 7) is 2.45. The molecule has 1 atom stereocenters. The molecule has 1 fully saturated rings. The third-order valence-corrected chi connectivity index (χ3v) is 6.95. The quantitative estimate of drug-likeness (QED) is 0.862. The summed E-state index contributed by atoms with van der Waals surface area (Å²) in [6.07, 6.45) is 1.31. The second-order valence-corrected chi connectivity index (χ2v) is 8.76. The van der Waals surface area contributed by atoms with E-state index in [1.165, 1.54) is 4.31 Å². The van der Waals surface area contributed by atoms with Gasteiger partial charge in [-0.1, -0.05) is 35.9 Å². The number of nitrogens with one attached hydrogen (secondary N) is 1. The molecule has 2 aromatic rings. The molecule has 0 radical (unpaired) electrons. The Morgan fingerprint density at radius 2 is 1.88 bits per heavy atom. The van der Waals surface area contributed by atoms with Crippen LogP contribution in [0.1, 0.15) is 18.4 Å². The van der Waals surface area contributed by atoms with Crippen molar-refractivity contribution in [1.29, 1.82) is 0 Å².